The van der Waals surface area contributed by atoms with E-state index < -0.39 is 0 Å². The van der Waals surface area contributed by atoms with E-state index in [1.165, 1.54) is 0 Å². The van der Waals surface area contributed by atoms with Crippen molar-refractivity contribution in [2.45, 2.75) is 45.9 Å². The van der Waals surface area contributed by atoms with Crippen LogP contribution < -0.4 is 10.5 Å². The van der Waals surface area contributed by atoms with E-state index in [-0.39, 0.29) is 6.04 Å². The molecule has 1 unspecified atom stereocenters. The maximum Gasteiger partial charge on any atom is 0.130 e. The minimum Gasteiger partial charge on any atom is -0.487 e. The van der Waals surface area contributed by atoms with Gasteiger partial charge >= 0.3 is 0 Å². The Morgan fingerprint density at radius 2 is 2.05 bits per heavy atom. The molecule has 1 heterocycles. The van der Waals surface area contributed by atoms with Gasteiger partial charge in [0.05, 0.1) is 18.2 Å². The Hall–Kier alpha value is -1.81. The Morgan fingerprint density at radius 3 is 2.75 bits per heavy atom. The van der Waals surface area contributed by atoms with Gasteiger partial charge in [0, 0.05) is 17.6 Å². The van der Waals surface area contributed by atoms with Crippen molar-refractivity contribution in [3.63, 3.8) is 0 Å². The molecule has 2 N–H and O–H groups in total. The minimum absolute atomic E-state index is 0.0150. The van der Waals surface area contributed by atoms with Crippen LogP contribution in [0, 0.1) is 0 Å². The molecule has 0 spiro atoms. The molecule has 4 heteroatoms. The molecular formula is C16H23N3O. The third-order valence-electron chi connectivity index (χ3n) is 3.44. The van der Waals surface area contributed by atoms with Crippen LogP contribution in [0.25, 0.3) is 0 Å². The number of hydrogen-bond donors (Lipinski definition) is 1. The lowest BCUT2D eigenvalue weighted by molar-refractivity contribution is 0.287. The lowest BCUT2D eigenvalue weighted by atomic mass is 10.0. The largest absolute Gasteiger partial charge is 0.487 e. The van der Waals surface area contributed by atoms with Gasteiger partial charge in [-0.3, -0.25) is 0 Å². The zero-order valence-corrected chi connectivity index (χ0v) is 12.4. The van der Waals surface area contributed by atoms with Gasteiger partial charge in [-0.05, 0) is 26.3 Å². The predicted molar refractivity (Wildman–Crippen MR) is 80.6 cm³/mol. The maximum atomic E-state index is 6.12. The van der Waals surface area contributed by atoms with Gasteiger partial charge in [-0.1, -0.05) is 25.1 Å². The SMILES string of the molecule is CCC(N)c1ccccc1OCc1cncn1C(C)C. The first kappa shape index (κ1) is 14.6. The molecule has 2 aromatic rings. The van der Waals surface area contributed by atoms with Crippen LogP contribution in [0.15, 0.2) is 36.8 Å². The van der Waals surface area contributed by atoms with E-state index >= 15 is 0 Å². The number of nitrogens with zero attached hydrogens (tertiary/aromatic N) is 2. The Labute approximate surface area is 120 Å². The van der Waals surface area contributed by atoms with Gasteiger partial charge in [0.15, 0.2) is 0 Å². The van der Waals surface area contributed by atoms with Crippen LogP contribution in [0.4, 0.5) is 0 Å². The van der Waals surface area contributed by atoms with Gasteiger partial charge in [0.25, 0.3) is 0 Å². The van der Waals surface area contributed by atoms with Crippen LogP contribution in [0.5, 0.6) is 5.75 Å². The van der Waals surface area contributed by atoms with Gasteiger partial charge in [0.1, 0.15) is 12.4 Å². The normalized spacial score (nSPS) is 12.7. The molecule has 0 amide bonds. The lowest BCUT2D eigenvalue weighted by Gasteiger charge is -2.17. The highest BCUT2D eigenvalue weighted by molar-refractivity contribution is 5.35. The van der Waals surface area contributed by atoms with Crippen LogP contribution in [0.2, 0.25) is 0 Å². The van der Waals surface area contributed by atoms with Gasteiger partial charge in [-0.2, -0.15) is 0 Å². The average Bonchev–Trinajstić information content (AvgIpc) is 2.93. The van der Waals surface area contributed by atoms with Crippen LogP contribution in [0.3, 0.4) is 0 Å². The lowest BCUT2D eigenvalue weighted by Crippen LogP contribution is -2.12. The first-order valence-electron chi connectivity index (χ1n) is 7.11. The monoisotopic (exact) mass is 273 g/mol. The van der Waals surface area contributed by atoms with Crippen molar-refractivity contribution in [3.8, 4) is 5.75 Å². The Balaban J connectivity index is 2.13. The highest BCUT2D eigenvalue weighted by Gasteiger charge is 2.11. The summed E-state index contributed by atoms with van der Waals surface area (Å²) in [7, 11) is 0. The molecule has 1 aromatic carbocycles. The number of nitrogens with two attached hydrogens (primary N) is 1. The summed E-state index contributed by atoms with van der Waals surface area (Å²) >= 11 is 0. The Bertz CT molecular complexity index is 548. The standard InChI is InChI=1S/C16H23N3O/c1-4-15(17)14-7-5-6-8-16(14)20-10-13-9-18-11-19(13)12(2)3/h5-9,11-12,15H,4,10,17H2,1-3H3. The average molecular weight is 273 g/mol. The second kappa shape index (κ2) is 6.57. The Morgan fingerprint density at radius 1 is 1.30 bits per heavy atom. The molecule has 0 saturated carbocycles. The van der Waals surface area contributed by atoms with Gasteiger partial charge in [-0.25, -0.2) is 4.98 Å². The van der Waals surface area contributed by atoms with E-state index in [9.17, 15) is 0 Å². The molecule has 0 aliphatic heterocycles. The molecule has 0 aliphatic rings. The fraction of sp³-hybridized carbons (Fsp3) is 0.438. The zero-order chi connectivity index (χ0) is 14.5. The highest BCUT2D eigenvalue weighted by atomic mass is 16.5. The van der Waals surface area contributed by atoms with E-state index in [4.69, 9.17) is 10.5 Å². The minimum atomic E-state index is 0.0150. The second-order valence-corrected chi connectivity index (χ2v) is 5.23. The summed E-state index contributed by atoms with van der Waals surface area (Å²) in [4.78, 5) is 4.19. The van der Waals surface area contributed by atoms with E-state index in [2.05, 4.69) is 30.3 Å². The topological polar surface area (TPSA) is 53.1 Å². The highest BCUT2D eigenvalue weighted by Crippen LogP contribution is 2.26. The molecule has 20 heavy (non-hydrogen) atoms. The third kappa shape index (κ3) is 3.20. The second-order valence-electron chi connectivity index (χ2n) is 5.23. The van der Waals surface area contributed by atoms with Crippen molar-refractivity contribution in [1.29, 1.82) is 0 Å². The molecule has 0 radical (unpaired) electrons. The molecule has 1 aromatic heterocycles. The molecular weight excluding hydrogens is 250 g/mol. The summed E-state index contributed by atoms with van der Waals surface area (Å²) in [6.45, 7) is 6.85. The maximum absolute atomic E-state index is 6.12. The van der Waals surface area contributed by atoms with Crippen LogP contribution in [-0.2, 0) is 6.61 Å². The van der Waals surface area contributed by atoms with Crippen LogP contribution in [0.1, 0.15) is 50.5 Å². The quantitative estimate of drug-likeness (QED) is 0.877. The number of rotatable bonds is 6. The number of para-hydroxylation sites is 1. The predicted octanol–water partition coefficient (Wildman–Crippen LogP) is 3.45. The molecule has 0 aliphatic carbocycles. The number of ether oxygens (including phenoxy) is 1. The molecule has 2 rings (SSSR count). The third-order valence-corrected chi connectivity index (χ3v) is 3.44. The first-order valence-corrected chi connectivity index (χ1v) is 7.11. The van der Waals surface area contributed by atoms with Crippen molar-refractivity contribution >= 4 is 0 Å². The molecule has 0 saturated heterocycles. The Kier molecular flexibility index (Phi) is 4.79. The molecule has 108 valence electrons. The number of benzene rings is 1. The fourth-order valence-corrected chi connectivity index (χ4v) is 2.20. The fourth-order valence-electron chi connectivity index (χ4n) is 2.20. The van der Waals surface area contributed by atoms with E-state index in [1.54, 1.807) is 0 Å². The molecule has 0 fully saturated rings. The summed E-state index contributed by atoms with van der Waals surface area (Å²) in [6.07, 6.45) is 4.58. The van der Waals surface area contributed by atoms with Crippen LogP contribution in [-0.4, -0.2) is 9.55 Å². The number of imidazole rings is 1. The van der Waals surface area contributed by atoms with Crippen molar-refractivity contribution in [1.82, 2.24) is 9.55 Å². The van der Waals surface area contributed by atoms with Crippen molar-refractivity contribution in [2.75, 3.05) is 0 Å². The molecule has 0 bridgehead atoms. The summed E-state index contributed by atoms with van der Waals surface area (Å²) in [6, 6.07) is 8.37. The summed E-state index contributed by atoms with van der Waals surface area (Å²) in [5.41, 5.74) is 8.25. The number of hydrogen-bond acceptors (Lipinski definition) is 3. The van der Waals surface area contributed by atoms with Crippen molar-refractivity contribution in [3.05, 3.63) is 48.0 Å². The smallest absolute Gasteiger partial charge is 0.130 e. The van der Waals surface area contributed by atoms with Gasteiger partial charge in [-0.15, -0.1) is 0 Å². The van der Waals surface area contributed by atoms with Gasteiger partial charge in [0.2, 0.25) is 0 Å². The summed E-state index contributed by atoms with van der Waals surface area (Å²) in [5.74, 6) is 0.860. The van der Waals surface area contributed by atoms with Crippen LogP contribution >= 0.6 is 0 Å². The molecule has 1 atom stereocenters. The van der Waals surface area contributed by atoms with Gasteiger partial charge < -0.3 is 15.0 Å². The molecule has 4 nitrogen and oxygen atoms in total. The number of aromatic nitrogens is 2. The summed E-state index contributed by atoms with van der Waals surface area (Å²) in [5, 5.41) is 0. The van der Waals surface area contributed by atoms with E-state index in [1.807, 2.05) is 36.8 Å². The zero-order valence-electron chi connectivity index (χ0n) is 12.4. The van der Waals surface area contributed by atoms with E-state index in [0.717, 1.165) is 23.4 Å². The van der Waals surface area contributed by atoms with Crippen molar-refractivity contribution in [2.24, 2.45) is 5.73 Å². The van der Waals surface area contributed by atoms with Crippen molar-refractivity contribution < 1.29 is 4.74 Å². The summed E-state index contributed by atoms with van der Waals surface area (Å²) < 4.78 is 8.07. The first-order chi connectivity index (χ1) is 9.63. The van der Waals surface area contributed by atoms with E-state index in [0.29, 0.717) is 12.6 Å².